The number of thiazole rings is 1. The van der Waals surface area contributed by atoms with Gasteiger partial charge in [-0.05, 0) is 25.5 Å². The Labute approximate surface area is 94.1 Å². The highest BCUT2D eigenvalue weighted by Crippen LogP contribution is 2.12. The largest absolute Gasteiger partial charge is 0.242 e. The zero-order valence-corrected chi connectivity index (χ0v) is 9.71. The van der Waals surface area contributed by atoms with E-state index in [1.54, 1.807) is 11.3 Å². The first-order valence-corrected chi connectivity index (χ1v) is 5.79. The molecule has 1 aromatic carbocycles. The van der Waals surface area contributed by atoms with E-state index in [0.717, 1.165) is 10.7 Å². The summed E-state index contributed by atoms with van der Waals surface area (Å²) in [5.74, 6) is 0. The summed E-state index contributed by atoms with van der Waals surface area (Å²) < 4.78 is 0. The van der Waals surface area contributed by atoms with Gasteiger partial charge in [0.05, 0.1) is 10.7 Å². The van der Waals surface area contributed by atoms with Gasteiger partial charge >= 0.3 is 0 Å². The van der Waals surface area contributed by atoms with Gasteiger partial charge in [0, 0.05) is 5.38 Å². The number of nitrogens with zero attached hydrogens (tertiary/aromatic N) is 1. The summed E-state index contributed by atoms with van der Waals surface area (Å²) in [5.41, 5.74) is 3.54. The van der Waals surface area contributed by atoms with Crippen molar-refractivity contribution in [2.45, 2.75) is 13.8 Å². The number of benzene rings is 1. The van der Waals surface area contributed by atoms with Crippen molar-refractivity contribution in [3.8, 4) is 0 Å². The van der Waals surface area contributed by atoms with Crippen molar-refractivity contribution in [1.29, 1.82) is 0 Å². The van der Waals surface area contributed by atoms with E-state index in [4.69, 9.17) is 0 Å². The van der Waals surface area contributed by atoms with Crippen LogP contribution in [0.4, 0.5) is 0 Å². The maximum Gasteiger partial charge on any atom is 0.0901 e. The minimum atomic E-state index is 1.04. The second kappa shape index (κ2) is 4.41. The van der Waals surface area contributed by atoms with Gasteiger partial charge < -0.3 is 0 Å². The summed E-state index contributed by atoms with van der Waals surface area (Å²) in [5, 5.41) is 3.18. The van der Waals surface area contributed by atoms with Gasteiger partial charge in [-0.1, -0.05) is 35.9 Å². The molecule has 0 radical (unpaired) electrons. The molecule has 15 heavy (non-hydrogen) atoms. The number of rotatable bonds is 2. The van der Waals surface area contributed by atoms with Crippen LogP contribution in [0.5, 0.6) is 0 Å². The molecule has 0 unspecified atom stereocenters. The third-order valence-electron chi connectivity index (χ3n) is 2.16. The minimum Gasteiger partial charge on any atom is -0.242 e. The molecular weight excluding hydrogens is 202 g/mol. The first-order valence-electron chi connectivity index (χ1n) is 4.91. The third-order valence-corrected chi connectivity index (χ3v) is 2.95. The van der Waals surface area contributed by atoms with Gasteiger partial charge in [0.15, 0.2) is 0 Å². The molecule has 0 aliphatic rings. The molecule has 0 saturated carbocycles. The second-order valence-electron chi connectivity index (χ2n) is 3.54. The second-order valence-corrected chi connectivity index (χ2v) is 4.60. The van der Waals surface area contributed by atoms with Crippen molar-refractivity contribution in [2.24, 2.45) is 0 Å². The van der Waals surface area contributed by atoms with E-state index in [1.807, 2.05) is 13.0 Å². The maximum atomic E-state index is 4.38. The monoisotopic (exact) mass is 215 g/mol. The fourth-order valence-corrected chi connectivity index (χ4v) is 1.90. The normalized spacial score (nSPS) is 11.1. The van der Waals surface area contributed by atoms with Gasteiger partial charge in [-0.25, -0.2) is 4.98 Å². The molecule has 0 amide bonds. The zero-order valence-electron chi connectivity index (χ0n) is 8.90. The van der Waals surface area contributed by atoms with E-state index in [2.05, 4.69) is 47.6 Å². The Balaban J connectivity index is 2.14. The van der Waals surface area contributed by atoms with Crippen LogP contribution in [-0.4, -0.2) is 4.98 Å². The fraction of sp³-hybridized carbons (Fsp3) is 0.154. The molecule has 1 aromatic heterocycles. The topological polar surface area (TPSA) is 12.9 Å². The summed E-state index contributed by atoms with van der Waals surface area (Å²) in [6.45, 7) is 4.12. The van der Waals surface area contributed by atoms with Crippen molar-refractivity contribution < 1.29 is 0 Å². The van der Waals surface area contributed by atoms with Gasteiger partial charge in [-0.15, -0.1) is 11.3 Å². The first-order chi connectivity index (χ1) is 7.24. The highest BCUT2D eigenvalue weighted by molar-refractivity contribution is 7.09. The SMILES string of the molecule is Cc1ccc(/C=C/c2csc(C)n2)cc1. The lowest BCUT2D eigenvalue weighted by atomic mass is 10.1. The third kappa shape index (κ3) is 2.77. The van der Waals surface area contributed by atoms with Crippen LogP contribution in [0.25, 0.3) is 12.2 Å². The Bertz CT molecular complexity index is 466. The lowest BCUT2D eigenvalue weighted by Crippen LogP contribution is -1.74. The highest BCUT2D eigenvalue weighted by Gasteiger charge is 1.92. The van der Waals surface area contributed by atoms with Gasteiger partial charge in [0.25, 0.3) is 0 Å². The Kier molecular flexibility index (Phi) is 2.97. The number of hydrogen-bond acceptors (Lipinski definition) is 2. The molecule has 2 heteroatoms. The molecule has 0 fully saturated rings. The van der Waals surface area contributed by atoms with Crippen molar-refractivity contribution in [1.82, 2.24) is 4.98 Å². The summed E-state index contributed by atoms with van der Waals surface area (Å²) in [6, 6.07) is 8.47. The van der Waals surface area contributed by atoms with Crippen LogP contribution in [0.1, 0.15) is 21.8 Å². The number of aryl methyl sites for hydroxylation is 2. The lowest BCUT2D eigenvalue weighted by Gasteiger charge is -1.93. The lowest BCUT2D eigenvalue weighted by molar-refractivity contribution is 1.28. The molecule has 0 atom stereocenters. The molecule has 0 aliphatic carbocycles. The van der Waals surface area contributed by atoms with Crippen molar-refractivity contribution in [3.63, 3.8) is 0 Å². The van der Waals surface area contributed by atoms with E-state index in [1.165, 1.54) is 11.1 Å². The van der Waals surface area contributed by atoms with Gasteiger partial charge in [-0.3, -0.25) is 0 Å². The van der Waals surface area contributed by atoms with Crippen LogP contribution in [0, 0.1) is 13.8 Å². The fourth-order valence-electron chi connectivity index (χ4n) is 1.32. The Morgan fingerprint density at radius 3 is 2.40 bits per heavy atom. The van der Waals surface area contributed by atoms with Crippen LogP contribution >= 0.6 is 11.3 Å². The van der Waals surface area contributed by atoms with E-state index in [9.17, 15) is 0 Å². The minimum absolute atomic E-state index is 1.04. The van der Waals surface area contributed by atoms with E-state index >= 15 is 0 Å². The van der Waals surface area contributed by atoms with Gasteiger partial charge in [0.2, 0.25) is 0 Å². The molecule has 2 aromatic rings. The predicted molar refractivity (Wildman–Crippen MR) is 67.0 cm³/mol. The average molecular weight is 215 g/mol. The van der Waals surface area contributed by atoms with Crippen LogP contribution in [0.3, 0.4) is 0 Å². The Morgan fingerprint density at radius 1 is 1.07 bits per heavy atom. The smallest absolute Gasteiger partial charge is 0.0901 e. The molecule has 76 valence electrons. The van der Waals surface area contributed by atoms with Crippen LogP contribution in [-0.2, 0) is 0 Å². The molecule has 0 spiro atoms. The van der Waals surface area contributed by atoms with E-state index < -0.39 is 0 Å². The first kappa shape index (κ1) is 10.1. The predicted octanol–water partition coefficient (Wildman–Crippen LogP) is 3.93. The zero-order chi connectivity index (χ0) is 10.7. The summed E-state index contributed by atoms with van der Waals surface area (Å²) in [4.78, 5) is 4.38. The quantitative estimate of drug-likeness (QED) is 0.739. The molecule has 0 saturated heterocycles. The summed E-state index contributed by atoms with van der Waals surface area (Å²) in [7, 11) is 0. The summed E-state index contributed by atoms with van der Waals surface area (Å²) in [6.07, 6.45) is 4.14. The molecular formula is C13H13NS. The van der Waals surface area contributed by atoms with Crippen LogP contribution < -0.4 is 0 Å². The molecule has 2 rings (SSSR count). The molecule has 0 aliphatic heterocycles. The number of hydrogen-bond donors (Lipinski definition) is 0. The molecule has 0 bridgehead atoms. The Morgan fingerprint density at radius 2 is 1.80 bits per heavy atom. The molecule has 1 heterocycles. The van der Waals surface area contributed by atoms with E-state index in [0.29, 0.717) is 0 Å². The molecule has 1 nitrogen and oxygen atoms in total. The van der Waals surface area contributed by atoms with Crippen molar-refractivity contribution >= 4 is 23.5 Å². The Hall–Kier alpha value is -1.41. The van der Waals surface area contributed by atoms with Crippen LogP contribution in [0.2, 0.25) is 0 Å². The summed E-state index contributed by atoms with van der Waals surface area (Å²) >= 11 is 1.68. The van der Waals surface area contributed by atoms with Gasteiger partial charge in [0.1, 0.15) is 0 Å². The average Bonchev–Trinajstić information content (AvgIpc) is 2.64. The maximum absolute atomic E-state index is 4.38. The van der Waals surface area contributed by atoms with Crippen molar-refractivity contribution in [3.05, 3.63) is 51.5 Å². The number of aromatic nitrogens is 1. The van der Waals surface area contributed by atoms with Crippen LogP contribution in [0.15, 0.2) is 29.6 Å². The standard InChI is InChI=1S/C13H13NS/c1-10-3-5-12(6-4-10)7-8-13-9-15-11(2)14-13/h3-9H,1-2H3/b8-7+. The highest BCUT2D eigenvalue weighted by atomic mass is 32.1. The molecule has 0 N–H and O–H groups in total. The van der Waals surface area contributed by atoms with Crippen molar-refractivity contribution in [2.75, 3.05) is 0 Å². The van der Waals surface area contributed by atoms with Gasteiger partial charge in [-0.2, -0.15) is 0 Å². The van der Waals surface area contributed by atoms with E-state index in [-0.39, 0.29) is 0 Å².